The van der Waals surface area contributed by atoms with Crippen molar-refractivity contribution in [3.8, 4) is 5.75 Å². The smallest absolute Gasteiger partial charge is 0.258 e. The SMILES string of the molecule is CSc1ccc(CNC(=O)COc2ccccc2Cl)cc1. The summed E-state index contributed by atoms with van der Waals surface area (Å²) in [6.45, 7) is 0.437. The Hall–Kier alpha value is -1.65. The maximum Gasteiger partial charge on any atom is 0.258 e. The van der Waals surface area contributed by atoms with Crippen LogP contribution in [0.1, 0.15) is 5.56 Å². The minimum Gasteiger partial charge on any atom is -0.482 e. The summed E-state index contributed by atoms with van der Waals surface area (Å²) in [6, 6.07) is 15.2. The van der Waals surface area contributed by atoms with E-state index in [9.17, 15) is 4.79 Å². The van der Waals surface area contributed by atoms with Gasteiger partial charge >= 0.3 is 0 Å². The van der Waals surface area contributed by atoms with Gasteiger partial charge in [-0.25, -0.2) is 0 Å². The summed E-state index contributed by atoms with van der Waals surface area (Å²) in [4.78, 5) is 12.9. The van der Waals surface area contributed by atoms with Crippen molar-refractivity contribution in [3.05, 3.63) is 59.1 Å². The second-order valence-corrected chi connectivity index (χ2v) is 5.63. The lowest BCUT2D eigenvalue weighted by Gasteiger charge is -2.09. The average molecular weight is 322 g/mol. The second-order valence-electron chi connectivity index (χ2n) is 4.34. The molecule has 0 heterocycles. The van der Waals surface area contributed by atoms with E-state index >= 15 is 0 Å². The highest BCUT2D eigenvalue weighted by molar-refractivity contribution is 7.98. The largest absolute Gasteiger partial charge is 0.482 e. The molecule has 0 atom stereocenters. The fourth-order valence-electron chi connectivity index (χ4n) is 1.70. The first-order valence-corrected chi connectivity index (χ1v) is 8.06. The van der Waals surface area contributed by atoms with E-state index in [0.29, 0.717) is 17.3 Å². The molecule has 5 heteroatoms. The van der Waals surface area contributed by atoms with Crippen LogP contribution in [-0.2, 0) is 11.3 Å². The summed E-state index contributed by atoms with van der Waals surface area (Å²) in [5.74, 6) is 0.336. The van der Waals surface area contributed by atoms with E-state index in [1.54, 1.807) is 23.9 Å². The Bertz CT molecular complexity index is 601. The molecule has 0 fully saturated rings. The molecule has 0 aliphatic heterocycles. The first-order valence-electron chi connectivity index (χ1n) is 6.46. The normalized spacial score (nSPS) is 10.2. The van der Waals surface area contributed by atoms with Gasteiger partial charge in [0.1, 0.15) is 5.75 Å². The molecule has 0 saturated heterocycles. The van der Waals surface area contributed by atoms with Gasteiger partial charge in [0.15, 0.2) is 6.61 Å². The van der Waals surface area contributed by atoms with Crippen LogP contribution in [0.5, 0.6) is 5.75 Å². The van der Waals surface area contributed by atoms with Gasteiger partial charge < -0.3 is 10.1 Å². The van der Waals surface area contributed by atoms with E-state index in [2.05, 4.69) is 5.32 Å². The lowest BCUT2D eigenvalue weighted by molar-refractivity contribution is -0.123. The van der Waals surface area contributed by atoms with Crippen LogP contribution in [0.4, 0.5) is 0 Å². The number of rotatable bonds is 6. The summed E-state index contributed by atoms with van der Waals surface area (Å²) in [5.41, 5.74) is 1.05. The van der Waals surface area contributed by atoms with Crippen molar-refractivity contribution in [1.82, 2.24) is 5.32 Å². The number of carbonyl (C=O) groups is 1. The van der Waals surface area contributed by atoms with Gasteiger partial charge in [-0.15, -0.1) is 11.8 Å². The third kappa shape index (κ3) is 4.99. The standard InChI is InChI=1S/C16H16ClNO2S/c1-21-13-8-6-12(7-9-13)10-18-16(19)11-20-15-5-3-2-4-14(15)17/h2-9H,10-11H2,1H3,(H,18,19). The third-order valence-electron chi connectivity index (χ3n) is 2.84. The van der Waals surface area contributed by atoms with E-state index in [0.717, 1.165) is 5.56 Å². The topological polar surface area (TPSA) is 38.3 Å². The fraction of sp³-hybridized carbons (Fsp3) is 0.188. The molecule has 110 valence electrons. The molecule has 2 aromatic rings. The van der Waals surface area contributed by atoms with Crippen LogP contribution in [0.2, 0.25) is 5.02 Å². The molecule has 0 spiro atoms. The number of para-hydroxylation sites is 1. The van der Waals surface area contributed by atoms with Crippen LogP contribution >= 0.6 is 23.4 Å². The molecule has 0 aliphatic rings. The van der Waals surface area contributed by atoms with Crippen molar-refractivity contribution < 1.29 is 9.53 Å². The summed E-state index contributed by atoms with van der Waals surface area (Å²) < 4.78 is 5.38. The lowest BCUT2D eigenvalue weighted by Crippen LogP contribution is -2.28. The molecule has 0 radical (unpaired) electrons. The Morgan fingerprint density at radius 3 is 2.57 bits per heavy atom. The summed E-state index contributed by atoms with van der Waals surface area (Å²) in [5, 5.41) is 3.31. The van der Waals surface area contributed by atoms with Crippen LogP contribution < -0.4 is 10.1 Å². The molecule has 2 rings (SSSR count). The predicted molar refractivity (Wildman–Crippen MR) is 87.0 cm³/mol. The zero-order valence-electron chi connectivity index (χ0n) is 11.6. The van der Waals surface area contributed by atoms with E-state index < -0.39 is 0 Å². The van der Waals surface area contributed by atoms with Crippen molar-refractivity contribution >= 4 is 29.3 Å². The Kier molecular flexibility index (Phi) is 5.96. The van der Waals surface area contributed by atoms with Crippen LogP contribution in [-0.4, -0.2) is 18.8 Å². The van der Waals surface area contributed by atoms with Gasteiger partial charge in [0.2, 0.25) is 0 Å². The predicted octanol–water partition coefficient (Wildman–Crippen LogP) is 3.76. The first-order chi connectivity index (χ1) is 10.2. The summed E-state index contributed by atoms with van der Waals surface area (Å²) in [7, 11) is 0. The van der Waals surface area contributed by atoms with Gasteiger partial charge in [-0.05, 0) is 36.1 Å². The number of hydrogen-bond acceptors (Lipinski definition) is 3. The first kappa shape index (κ1) is 15.7. The molecule has 0 aromatic heterocycles. The molecule has 0 bridgehead atoms. The molecular weight excluding hydrogens is 306 g/mol. The van der Waals surface area contributed by atoms with Gasteiger partial charge in [-0.2, -0.15) is 0 Å². The Balaban J connectivity index is 1.78. The highest BCUT2D eigenvalue weighted by atomic mass is 35.5. The van der Waals surface area contributed by atoms with Crippen molar-refractivity contribution in [1.29, 1.82) is 0 Å². The molecule has 0 unspecified atom stereocenters. The van der Waals surface area contributed by atoms with E-state index in [1.807, 2.05) is 42.7 Å². The van der Waals surface area contributed by atoms with Gasteiger partial charge in [0.25, 0.3) is 5.91 Å². The minimum atomic E-state index is -0.177. The maximum atomic E-state index is 11.7. The van der Waals surface area contributed by atoms with Crippen LogP contribution in [0, 0.1) is 0 Å². The zero-order chi connectivity index (χ0) is 15.1. The number of halogens is 1. The van der Waals surface area contributed by atoms with Gasteiger partial charge in [0.05, 0.1) is 5.02 Å². The minimum absolute atomic E-state index is 0.0490. The van der Waals surface area contributed by atoms with Crippen molar-refractivity contribution in [2.75, 3.05) is 12.9 Å². The summed E-state index contributed by atoms with van der Waals surface area (Å²) >= 11 is 7.64. The molecular formula is C16H16ClNO2S. The number of ether oxygens (including phenoxy) is 1. The quantitative estimate of drug-likeness (QED) is 0.823. The average Bonchev–Trinajstić information content (AvgIpc) is 2.52. The van der Waals surface area contributed by atoms with E-state index in [4.69, 9.17) is 16.3 Å². The number of nitrogens with one attached hydrogen (secondary N) is 1. The van der Waals surface area contributed by atoms with Gasteiger partial charge in [-0.1, -0.05) is 35.9 Å². The maximum absolute atomic E-state index is 11.7. The van der Waals surface area contributed by atoms with Crippen molar-refractivity contribution in [3.63, 3.8) is 0 Å². The summed E-state index contributed by atoms with van der Waals surface area (Å²) in [6.07, 6.45) is 2.03. The van der Waals surface area contributed by atoms with Gasteiger partial charge in [0, 0.05) is 11.4 Å². The van der Waals surface area contributed by atoms with Crippen LogP contribution in [0.15, 0.2) is 53.4 Å². The van der Waals surface area contributed by atoms with Crippen molar-refractivity contribution in [2.45, 2.75) is 11.4 Å². The molecule has 3 nitrogen and oxygen atoms in total. The fourth-order valence-corrected chi connectivity index (χ4v) is 2.30. The highest BCUT2D eigenvalue weighted by Crippen LogP contribution is 2.22. The molecule has 2 aromatic carbocycles. The lowest BCUT2D eigenvalue weighted by atomic mass is 10.2. The number of amides is 1. The Morgan fingerprint density at radius 2 is 1.90 bits per heavy atom. The molecule has 1 amide bonds. The molecule has 21 heavy (non-hydrogen) atoms. The Morgan fingerprint density at radius 1 is 1.19 bits per heavy atom. The molecule has 1 N–H and O–H groups in total. The molecule has 0 saturated carbocycles. The number of hydrogen-bond donors (Lipinski definition) is 1. The number of thioether (sulfide) groups is 1. The number of benzene rings is 2. The second kappa shape index (κ2) is 7.96. The van der Waals surface area contributed by atoms with E-state index in [-0.39, 0.29) is 12.5 Å². The monoisotopic (exact) mass is 321 g/mol. The van der Waals surface area contributed by atoms with E-state index in [1.165, 1.54) is 4.90 Å². The van der Waals surface area contributed by atoms with Crippen molar-refractivity contribution in [2.24, 2.45) is 0 Å². The zero-order valence-corrected chi connectivity index (χ0v) is 13.2. The Labute approximate surface area is 133 Å². The number of carbonyl (C=O) groups excluding carboxylic acids is 1. The molecule has 0 aliphatic carbocycles. The third-order valence-corrected chi connectivity index (χ3v) is 3.90. The highest BCUT2D eigenvalue weighted by Gasteiger charge is 2.05. The van der Waals surface area contributed by atoms with Gasteiger partial charge in [-0.3, -0.25) is 4.79 Å². The van der Waals surface area contributed by atoms with Crippen LogP contribution in [0.25, 0.3) is 0 Å². The van der Waals surface area contributed by atoms with Crippen LogP contribution in [0.3, 0.4) is 0 Å².